The number of anilines is 2. The maximum atomic E-state index is 13.7. The molecule has 2 saturated heterocycles. The highest BCUT2D eigenvalue weighted by atomic mass is 16.7. The van der Waals surface area contributed by atoms with Gasteiger partial charge in [-0.05, 0) is 47.5 Å². The fourth-order valence-electron chi connectivity index (χ4n) is 4.89. The molecule has 0 saturated carbocycles. The fraction of sp³-hybridized carbons (Fsp3) is 0.133. The Labute approximate surface area is 209 Å². The number of para-hydroxylation sites is 2. The first-order valence-electron chi connectivity index (χ1n) is 11.9. The molecule has 6 heteroatoms. The van der Waals surface area contributed by atoms with Gasteiger partial charge in [0.25, 0.3) is 5.91 Å². The topological polar surface area (TPSA) is 59.1 Å². The van der Waals surface area contributed by atoms with E-state index in [4.69, 9.17) is 9.57 Å². The van der Waals surface area contributed by atoms with Gasteiger partial charge < -0.3 is 4.74 Å². The molecule has 0 spiro atoms. The van der Waals surface area contributed by atoms with Crippen molar-refractivity contribution < 1.29 is 19.2 Å². The molecule has 0 aliphatic carbocycles. The van der Waals surface area contributed by atoms with Crippen LogP contribution in [0.2, 0.25) is 0 Å². The zero-order chi connectivity index (χ0) is 24.5. The van der Waals surface area contributed by atoms with E-state index in [9.17, 15) is 9.59 Å². The molecule has 2 aliphatic heterocycles. The first-order valence-corrected chi connectivity index (χ1v) is 11.9. The Morgan fingerprint density at radius 2 is 1.25 bits per heavy atom. The Hall–Kier alpha value is -4.42. The molecule has 6 nitrogen and oxygen atoms in total. The van der Waals surface area contributed by atoms with Gasteiger partial charge in [-0.2, -0.15) is 0 Å². The molecule has 2 heterocycles. The molecular weight excluding hydrogens is 452 g/mol. The SMILES string of the molecule is O=C1[C@H]2[C@@H](ON(c3ccccc3)[C@H]2c2ccc(OCc3ccccc3)cc2)C(=O)N1c1ccccc1. The van der Waals surface area contributed by atoms with Crippen LogP contribution in [0.3, 0.4) is 0 Å². The predicted octanol–water partition coefficient (Wildman–Crippen LogP) is 5.32. The lowest BCUT2D eigenvalue weighted by atomic mass is 9.90. The number of benzene rings is 4. The third-order valence-corrected chi connectivity index (χ3v) is 6.61. The summed E-state index contributed by atoms with van der Waals surface area (Å²) < 4.78 is 5.95. The maximum Gasteiger partial charge on any atom is 0.266 e. The molecular formula is C30H24N2O4. The van der Waals surface area contributed by atoms with E-state index in [2.05, 4.69) is 0 Å². The summed E-state index contributed by atoms with van der Waals surface area (Å²) in [5, 5.41) is 1.70. The van der Waals surface area contributed by atoms with Crippen LogP contribution in [0.4, 0.5) is 11.4 Å². The minimum absolute atomic E-state index is 0.260. The van der Waals surface area contributed by atoms with Crippen molar-refractivity contribution in [1.29, 1.82) is 0 Å². The number of nitrogens with zero attached hydrogens (tertiary/aromatic N) is 2. The Bertz CT molecular complexity index is 1360. The third kappa shape index (κ3) is 3.91. The van der Waals surface area contributed by atoms with Gasteiger partial charge in [-0.15, -0.1) is 0 Å². The molecule has 36 heavy (non-hydrogen) atoms. The monoisotopic (exact) mass is 476 g/mol. The van der Waals surface area contributed by atoms with Gasteiger partial charge in [-0.3, -0.25) is 14.4 Å². The average molecular weight is 477 g/mol. The molecule has 0 N–H and O–H groups in total. The van der Waals surface area contributed by atoms with E-state index in [-0.39, 0.29) is 11.8 Å². The second-order valence-electron chi connectivity index (χ2n) is 8.85. The van der Waals surface area contributed by atoms with Gasteiger partial charge in [0.2, 0.25) is 5.91 Å². The highest BCUT2D eigenvalue weighted by molar-refractivity contribution is 6.23. The number of ether oxygens (including phenoxy) is 1. The molecule has 0 radical (unpaired) electrons. The maximum absolute atomic E-state index is 13.7. The van der Waals surface area contributed by atoms with Crippen molar-refractivity contribution in [3.05, 3.63) is 126 Å². The van der Waals surface area contributed by atoms with Crippen molar-refractivity contribution in [2.24, 2.45) is 5.92 Å². The number of fused-ring (bicyclic) bond motifs is 1. The number of amides is 2. The summed E-state index contributed by atoms with van der Waals surface area (Å²) in [5.41, 5.74) is 3.29. The standard InChI is InChI=1S/C30H24N2O4/c33-29-26-27(22-16-18-25(19-17-22)35-20-21-10-4-1-5-11-21)32(24-14-8-3-9-15-24)36-28(26)30(34)31(29)23-12-6-2-7-13-23/h1-19,26-28H,20H2/t26-,27+,28-/m1/s1. The van der Waals surface area contributed by atoms with Gasteiger partial charge in [-0.1, -0.05) is 78.9 Å². The fourth-order valence-corrected chi connectivity index (χ4v) is 4.89. The summed E-state index contributed by atoms with van der Waals surface area (Å²) in [6, 6.07) is 35.7. The first-order chi connectivity index (χ1) is 17.7. The van der Waals surface area contributed by atoms with Crippen LogP contribution in [0.5, 0.6) is 5.75 Å². The quantitative estimate of drug-likeness (QED) is 0.353. The zero-order valence-corrected chi connectivity index (χ0v) is 19.4. The lowest BCUT2D eigenvalue weighted by molar-refractivity contribution is -0.126. The largest absolute Gasteiger partial charge is 0.489 e. The second kappa shape index (κ2) is 9.32. The molecule has 3 atom stereocenters. The van der Waals surface area contributed by atoms with Crippen LogP contribution in [-0.4, -0.2) is 17.9 Å². The summed E-state index contributed by atoms with van der Waals surface area (Å²) in [6.45, 7) is 0.465. The van der Waals surface area contributed by atoms with E-state index in [1.165, 1.54) is 4.90 Å². The van der Waals surface area contributed by atoms with Gasteiger partial charge in [0.1, 0.15) is 18.3 Å². The number of hydrogen-bond donors (Lipinski definition) is 0. The summed E-state index contributed by atoms with van der Waals surface area (Å²) in [4.78, 5) is 34.5. The number of carbonyl (C=O) groups is 2. The highest BCUT2D eigenvalue weighted by Crippen LogP contribution is 2.47. The molecule has 2 amide bonds. The number of hydrogen-bond acceptors (Lipinski definition) is 5. The van der Waals surface area contributed by atoms with Crippen molar-refractivity contribution in [1.82, 2.24) is 0 Å². The summed E-state index contributed by atoms with van der Waals surface area (Å²) in [6.07, 6.45) is -0.892. The molecule has 4 aromatic rings. The van der Waals surface area contributed by atoms with Crippen LogP contribution in [0, 0.1) is 5.92 Å². The minimum Gasteiger partial charge on any atom is -0.489 e. The van der Waals surface area contributed by atoms with E-state index >= 15 is 0 Å². The molecule has 2 aliphatic rings. The molecule has 0 aromatic heterocycles. The lowest BCUT2D eigenvalue weighted by Gasteiger charge is -2.28. The van der Waals surface area contributed by atoms with Crippen LogP contribution in [0.1, 0.15) is 17.2 Å². The number of hydroxylamine groups is 1. The highest BCUT2D eigenvalue weighted by Gasteiger charge is 2.60. The van der Waals surface area contributed by atoms with Crippen LogP contribution < -0.4 is 14.7 Å². The zero-order valence-electron chi connectivity index (χ0n) is 19.4. The van der Waals surface area contributed by atoms with Crippen molar-refractivity contribution in [3.8, 4) is 5.75 Å². The first kappa shape index (κ1) is 22.1. The number of imide groups is 1. The number of rotatable bonds is 6. The average Bonchev–Trinajstić information content (AvgIpc) is 3.45. The summed E-state index contributed by atoms with van der Waals surface area (Å²) in [5.74, 6) is -0.551. The molecule has 178 valence electrons. The Balaban J connectivity index is 1.31. The van der Waals surface area contributed by atoms with Crippen LogP contribution in [0.25, 0.3) is 0 Å². The van der Waals surface area contributed by atoms with Gasteiger partial charge in [0, 0.05) is 0 Å². The van der Waals surface area contributed by atoms with Crippen molar-refractivity contribution in [3.63, 3.8) is 0 Å². The molecule has 0 unspecified atom stereocenters. The van der Waals surface area contributed by atoms with Crippen LogP contribution in [0.15, 0.2) is 115 Å². The number of carbonyl (C=O) groups excluding carboxylic acids is 2. The van der Waals surface area contributed by atoms with E-state index in [1.54, 1.807) is 17.2 Å². The Kier molecular flexibility index (Phi) is 5.71. The van der Waals surface area contributed by atoms with Gasteiger partial charge >= 0.3 is 0 Å². The van der Waals surface area contributed by atoms with E-state index < -0.39 is 18.1 Å². The van der Waals surface area contributed by atoms with Crippen molar-refractivity contribution in [2.75, 3.05) is 9.96 Å². The van der Waals surface area contributed by atoms with E-state index in [0.717, 1.165) is 22.6 Å². The molecule has 6 rings (SSSR count). The second-order valence-corrected chi connectivity index (χ2v) is 8.85. The molecule has 0 bridgehead atoms. The van der Waals surface area contributed by atoms with Gasteiger partial charge in [0.05, 0.1) is 17.4 Å². The van der Waals surface area contributed by atoms with Crippen LogP contribution >= 0.6 is 0 Å². The smallest absolute Gasteiger partial charge is 0.266 e. The lowest BCUT2D eigenvalue weighted by Crippen LogP contribution is -2.37. The predicted molar refractivity (Wildman–Crippen MR) is 136 cm³/mol. The van der Waals surface area contributed by atoms with Crippen molar-refractivity contribution >= 4 is 23.2 Å². The minimum atomic E-state index is -0.892. The molecule has 4 aromatic carbocycles. The van der Waals surface area contributed by atoms with Gasteiger partial charge in [0.15, 0.2) is 6.10 Å². The summed E-state index contributed by atoms with van der Waals surface area (Å²) in [7, 11) is 0. The summed E-state index contributed by atoms with van der Waals surface area (Å²) >= 11 is 0. The Morgan fingerprint density at radius 3 is 1.89 bits per heavy atom. The molecule has 2 fully saturated rings. The normalized spacial score (nSPS) is 21.1. The van der Waals surface area contributed by atoms with Crippen LogP contribution in [-0.2, 0) is 21.0 Å². The van der Waals surface area contributed by atoms with Crippen molar-refractivity contribution in [2.45, 2.75) is 18.8 Å². The Morgan fingerprint density at radius 1 is 0.667 bits per heavy atom. The van der Waals surface area contributed by atoms with E-state index in [0.29, 0.717) is 12.3 Å². The van der Waals surface area contributed by atoms with Gasteiger partial charge in [-0.25, -0.2) is 9.96 Å². The third-order valence-electron chi connectivity index (χ3n) is 6.61. The van der Waals surface area contributed by atoms with E-state index in [1.807, 2.05) is 103 Å².